The standard InChI is InChI=1S/C23H28N2O4/c1-3-17-8-4-5-12-21(17)24-22(26)15-25(2)23(27)18-9-6-10-19(14-18)29-16-20-11-7-13-28-20/h4-6,8-10,12,14,20H,3,7,11,13,15-16H2,1-2H3,(H,24,26). The fourth-order valence-corrected chi connectivity index (χ4v) is 3.33. The lowest BCUT2D eigenvalue weighted by molar-refractivity contribution is -0.116. The highest BCUT2D eigenvalue weighted by Crippen LogP contribution is 2.18. The molecule has 1 fully saturated rings. The van der Waals surface area contributed by atoms with Gasteiger partial charge in [-0.3, -0.25) is 9.59 Å². The lowest BCUT2D eigenvalue weighted by atomic mass is 10.1. The maximum absolute atomic E-state index is 12.7. The summed E-state index contributed by atoms with van der Waals surface area (Å²) in [5.41, 5.74) is 2.33. The van der Waals surface area contributed by atoms with E-state index in [1.807, 2.05) is 37.3 Å². The quantitative estimate of drug-likeness (QED) is 0.741. The van der Waals surface area contributed by atoms with Crippen LogP contribution >= 0.6 is 0 Å². The van der Waals surface area contributed by atoms with Crippen molar-refractivity contribution in [3.63, 3.8) is 0 Å². The Kier molecular flexibility index (Phi) is 7.25. The molecular weight excluding hydrogens is 368 g/mol. The summed E-state index contributed by atoms with van der Waals surface area (Å²) >= 11 is 0. The molecule has 2 amide bonds. The second-order valence-corrected chi connectivity index (χ2v) is 7.19. The van der Waals surface area contributed by atoms with Crippen molar-refractivity contribution in [2.24, 2.45) is 0 Å². The average molecular weight is 396 g/mol. The summed E-state index contributed by atoms with van der Waals surface area (Å²) in [5, 5.41) is 2.89. The number of aryl methyl sites for hydroxylation is 1. The molecule has 1 N–H and O–H groups in total. The van der Waals surface area contributed by atoms with Gasteiger partial charge in [0.1, 0.15) is 12.4 Å². The number of rotatable bonds is 8. The van der Waals surface area contributed by atoms with Crippen molar-refractivity contribution in [2.75, 3.05) is 32.1 Å². The van der Waals surface area contributed by atoms with Crippen molar-refractivity contribution >= 4 is 17.5 Å². The van der Waals surface area contributed by atoms with E-state index in [1.165, 1.54) is 4.90 Å². The molecule has 0 bridgehead atoms. The summed E-state index contributed by atoms with van der Waals surface area (Å²) in [5.74, 6) is 0.167. The van der Waals surface area contributed by atoms with Gasteiger partial charge in [-0.15, -0.1) is 0 Å². The predicted octanol–water partition coefficient (Wildman–Crippen LogP) is 3.52. The molecule has 2 aromatic rings. The van der Waals surface area contributed by atoms with Gasteiger partial charge in [0.25, 0.3) is 5.91 Å². The molecule has 3 rings (SSSR count). The summed E-state index contributed by atoms with van der Waals surface area (Å²) in [6.45, 7) is 3.27. The van der Waals surface area contributed by atoms with E-state index in [0.717, 1.165) is 37.1 Å². The molecule has 1 aliphatic rings. The zero-order chi connectivity index (χ0) is 20.6. The number of likely N-dealkylation sites (N-methyl/N-ethyl adjacent to an activating group) is 1. The number of ether oxygens (including phenoxy) is 2. The molecule has 0 aromatic heterocycles. The molecule has 6 heteroatoms. The van der Waals surface area contributed by atoms with Crippen molar-refractivity contribution < 1.29 is 19.1 Å². The van der Waals surface area contributed by atoms with E-state index in [2.05, 4.69) is 5.32 Å². The van der Waals surface area contributed by atoms with E-state index in [0.29, 0.717) is 17.9 Å². The Balaban J connectivity index is 1.56. The van der Waals surface area contributed by atoms with Crippen LogP contribution in [0.2, 0.25) is 0 Å². The van der Waals surface area contributed by atoms with Crippen LogP contribution < -0.4 is 10.1 Å². The second-order valence-electron chi connectivity index (χ2n) is 7.19. The predicted molar refractivity (Wildman–Crippen MR) is 112 cm³/mol. The minimum Gasteiger partial charge on any atom is -0.491 e. The van der Waals surface area contributed by atoms with E-state index in [9.17, 15) is 9.59 Å². The minimum atomic E-state index is -0.230. The Bertz CT molecular complexity index is 846. The summed E-state index contributed by atoms with van der Waals surface area (Å²) in [6, 6.07) is 14.7. The van der Waals surface area contributed by atoms with Crippen LogP contribution in [0.4, 0.5) is 5.69 Å². The van der Waals surface area contributed by atoms with Gasteiger partial charge >= 0.3 is 0 Å². The van der Waals surface area contributed by atoms with Crippen LogP contribution in [0.15, 0.2) is 48.5 Å². The van der Waals surface area contributed by atoms with Crippen LogP contribution in [0.1, 0.15) is 35.7 Å². The molecule has 2 aromatic carbocycles. The van der Waals surface area contributed by atoms with Gasteiger partial charge in [0.05, 0.1) is 12.6 Å². The maximum Gasteiger partial charge on any atom is 0.254 e. The summed E-state index contributed by atoms with van der Waals surface area (Å²) in [4.78, 5) is 26.5. The van der Waals surface area contributed by atoms with Crippen LogP contribution in [-0.2, 0) is 16.0 Å². The third-order valence-electron chi connectivity index (χ3n) is 4.94. The fraction of sp³-hybridized carbons (Fsp3) is 0.391. The third-order valence-corrected chi connectivity index (χ3v) is 4.94. The molecule has 1 atom stereocenters. The number of nitrogens with one attached hydrogen (secondary N) is 1. The largest absolute Gasteiger partial charge is 0.491 e. The van der Waals surface area contributed by atoms with Gasteiger partial charge < -0.3 is 19.7 Å². The second kappa shape index (κ2) is 10.1. The highest BCUT2D eigenvalue weighted by atomic mass is 16.5. The van der Waals surface area contributed by atoms with Gasteiger partial charge in [-0.1, -0.05) is 31.2 Å². The van der Waals surface area contributed by atoms with Gasteiger partial charge in [0.2, 0.25) is 5.91 Å². The monoisotopic (exact) mass is 396 g/mol. The average Bonchev–Trinajstić information content (AvgIpc) is 3.26. The first-order chi connectivity index (χ1) is 14.1. The van der Waals surface area contributed by atoms with Gasteiger partial charge in [0, 0.05) is 24.9 Å². The molecule has 0 radical (unpaired) electrons. The third kappa shape index (κ3) is 5.81. The van der Waals surface area contributed by atoms with Crippen molar-refractivity contribution in [3.05, 3.63) is 59.7 Å². The lowest BCUT2D eigenvalue weighted by Crippen LogP contribution is -2.35. The van der Waals surface area contributed by atoms with Crippen LogP contribution in [0.25, 0.3) is 0 Å². The molecule has 29 heavy (non-hydrogen) atoms. The van der Waals surface area contributed by atoms with Crippen molar-refractivity contribution in [1.29, 1.82) is 0 Å². The van der Waals surface area contributed by atoms with Crippen molar-refractivity contribution in [1.82, 2.24) is 4.90 Å². The number of carbonyl (C=O) groups is 2. The Morgan fingerprint density at radius 2 is 2.03 bits per heavy atom. The molecule has 1 heterocycles. The Labute approximate surface area is 171 Å². The zero-order valence-corrected chi connectivity index (χ0v) is 17.0. The van der Waals surface area contributed by atoms with Crippen molar-refractivity contribution in [3.8, 4) is 5.75 Å². The number of hydrogen-bond donors (Lipinski definition) is 1. The number of amides is 2. The van der Waals surface area contributed by atoms with E-state index in [1.54, 1.807) is 25.2 Å². The number of carbonyl (C=O) groups excluding carboxylic acids is 2. The van der Waals surface area contributed by atoms with E-state index < -0.39 is 0 Å². The summed E-state index contributed by atoms with van der Waals surface area (Å²) in [6.07, 6.45) is 3.00. The van der Waals surface area contributed by atoms with E-state index in [-0.39, 0.29) is 24.5 Å². The Morgan fingerprint density at radius 1 is 1.21 bits per heavy atom. The van der Waals surface area contributed by atoms with Gasteiger partial charge in [0.15, 0.2) is 0 Å². The summed E-state index contributed by atoms with van der Waals surface area (Å²) < 4.78 is 11.3. The van der Waals surface area contributed by atoms with Gasteiger partial charge in [-0.25, -0.2) is 0 Å². The first kappa shape index (κ1) is 20.9. The highest BCUT2D eigenvalue weighted by molar-refractivity contribution is 5.99. The number of anilines is 1. The Morgan fingerprint density at radius 3 is 2.79 bits per heavy atom. The molecule has 1 saturated heterocycles. The molecular formula is C23H28N2O4. The molecule has 1 aliphatic heterocycles. The normalized spacial score (nSPS) is 15.7. The van der Waals surface area contributed by atoms with Crippen LogP contribution in [-0.4, -0.2) is 49.6 Å². The Hall–Kier alpha value is -2.86. The van der Waals surface area contributed by atoms with Gasteiger partial charge in [-0.05, 0) is 49.1 Å². The molecule has 0 spiro atoms. The van der Waals surface area contributed by atoms with Crippen molar-refractivity contribution in [2.45, 2.75) is 32.3 Å². The fourth-order valence-electron chi connectivity index (χ4n) is 3.33. The lowest BCUT2D eigenvalue weighted by Gasteiger charge is -2.18. The number of hydrogen-bond acceptors (Lipinski definition) is 4. The zero-order valence-electron chi connectivity index (χ0n) is 17.0. The topological polar surface area (TPSA) is 67.9 Å². The number of benzene rings is 2. The molecule has 1 unspecified atom stereocenters. The number of para-hydroxylation sites is 1. The maximum atomic E-state index is 12.7. The molecule has 0 aliphatic carbocycles. The van der Waals surface area contributed by atoms with Crippen LogP contribution in [0.5, 0.6) is 5.75 Å². The van der Waals surface area contributed by atoms with Crippen LogP contribution in [0.3, 0.4) is 0 Å². The first-order valence-electron chi connectivity index (χ1n) is 10.0. The SMILES string of the molecule is CCc1ccccc1NC(=O)CN(C)C(=O)c1cccc(OCC2CCCO2)c1. The summed E-state index contributed by atoms with van der Waals surface area (Å²) in [7, 11) is 1.62. The molecule has 154 valence electrons. The highest BCUT2D eigenvalue weighted by Gasteiger charge is 2.18. The first-order valence-corrected chi connectivity index (χ1v) is 10.0. The smallest absolute Gasteiger partial charge is 0.254 e. The minimum absolute atomic E-state index is 0.0299. The van der Waals surface area contributed by atoms with Crippen LogP contribution in [0, 0.1) is 0 Å². The van der Waals surface area contributed by atoms with E-state index >= 15 is 0 Å². The van der Waals surface area contributed by atoms with Gasteiger partial charge in [-0.2, -0.15) is 0 Å². The molecule has 0 saturated carbocycles. The van der Waals surface area contributed by atoms with E-state index in [4.69, 9.17) is 9.47 Å². The number of nitrogens with zero attached hydrogens (tertiary/aromatic N) is 1. The molecule has 6 nitrogen and oxygen atoms in total.